The van der Waals surface area contributed by atoms with Gasteiger partial charge in [-0.25, -0.2) is 18.7 Å². The Morgan fingerprint density at radius 1 is 1.11 bits per heavy atom. The summed E-state index contributed by atoms with van der Waals surface area (Å²) >= 11 is 1.34. The molecule has 3 aliphatic rings. The van der Waals surface area contributed by atoms with Crippen molar-refractivity contribution in [2.45, 2.75) is 20.3 Å². The number of pyridine rings is 1. The van der Waals surface area contributed by atoms with Crippen molar-refractivity contribution in [3.63, 3.8) is 0 Å². The summed E-state index contributed by atoms with van der Waals surface area (Å²) in [4.78, 5) is 28.6. The van der Waals surface area contributed by atoms with Gasteiger partial charge in [-0.05, 0) is 26.5 Å². The first kappa shape index (κ1) is 28.6. The third-order valence-corrected chi connectivity index (χ3v) is 10.3. The van der Waals surface area contributed by atoms with Crippen molar-refractivity contribution in [1.82, 2.24) is 29.3 Å². The Bertz CT molecular complexity index is 1770. The average molecular weight is 614 g/mol. The number of benzene rings is 1. The highest BCUT2D eigenvalue weighted by molar-refractivity contribution is 7.16. The number of halogens is 1. The molecule has 1 aromatic carbocycles. The molecule has 0 aliphatic carbocycles. The van der Waals surface area contributed by atoms with Crippen LogP contribution >= 0.6 is 11.3 Å². The lowest BCUT2D eigenvalue weighted by Crippen LogP contribution is -2.74. The Morgan fingerprint density at radius 2 is 1.82 bits per heavy atom. The van der Waals surface area contributed by atoms with Crippen LogP contribution in [0.1, 0.15) is 23.1 Å². The molecule has 7 rings (SSSR count). The quantitative estimate of drug-likeness (QED) is 0.325. The monoisotopic (exact) mass is 613 g/mol. The minimum atomic E-state index is -0.320. The minimum absolute atomic E-state index is 0.0240. The van der Waals surface area contributed by atoms with E-state index in [1.165, 1.54) is 17.5 Å². The standard InChI is InChI=1S/C32H36FN9OS/c1-5-24-29(38(4)30-35-28(27(15-34)44-30)22-8-6-21(2)7-9-22)26-14-25(23(33)16-42(26)36-24)40-17-32(18-40)19-41(20-32)31(43)39-12-10-37(3)11-13-39/h6-9,14,16H,5,10-13,17-20H2,1-4H3. The molecule has 3 aliphatic heterocycles. The van der Waals surface area contributed by atoms with Crippen LogP contribution in [-0.2, 0) is 6.42 Å². The molecular formula is C32H36FN9OS. The molecular weight excluding hydrogens is 577 g/mol. The molecule has 0 saturated carbocycles. The number of fused-ring (bicyclic) bond motifs is 1. The van der Waals surface area contributed by atoms with Gasteiger partial charge in [0.2, 0.25) is 0 Å². The number of aromatic nitrogens is 3. The number of amides is 2. The van der Waals surface area contributed by atoms with E-state index >= 15 is 4.39 Å². The van der Waals surface area contributed by atoms with E-state index < -0.39 is 0 Å². The van der Waals surface area contributed by atoms with E-state index in [1.807, 2.05) is 65.9 Å². The lowest BCUT2D eigenvalue weighted by molar-refractivity contribution is -0.00782. The van der Waals surface area contributed by atoms with E-state index in [-0.39, 0.29) is 17.3 Å². The van der Waals surface area contributed by atoms with E-state index in [4.69, 9.17) is 10.1 Å². The molecule has 0 unspecified atom stereocenters. The SMILES string of the molecule is CCc1nn2cc(F)c(N3CC4(CN(C(=O)N5CCN(C)CC5)C4)C3)cc2c1N(C)c1nc(-c2ccc(C)cc2)c(C#N)s1. The Balaban J connectivity index is 1.12. The van der Waals surface area contributed by atoms with E-state index in [1.54, 1.807) is 4.52 Å². The predicted octanol–water partition coefficient (Wildman–Crippen LogP) is 4.60. The summed E-state index contributed by atoms with van der Waals surface area (Å²) in [5.41, 5.74) is 5.73. The number of hydrogen-bond donors (Lipinski definition) is 0. The predicted molar refractivity (Wildman–Crippen MR) is 170 cm³/mol. The van der Waals surface area contributed by atoms with Crippen LogP contribution < -0.4 is 9.80 Å². The van der Waals surface area contributed by atoms with Crippen molar-refractivity contribution >= 4 is 39.4 Å². The average Bonchev–Trinajstić information content (AvgIpc) is 3.57. The second-order valence-electron chi connectivity index (χ2n) is 12.5. The zero-order chi connectivity index (χ0) is 30.7. The van der Waals surface area contributed by atoms with Crippen molar-refractivity contribution in [3.8, 4) is 17.3 Å². The molecule has 228 valence electrons. The van der Waals surface area contributed by atoms with E-state index in [0.717, 1.165) is 54.2 Å². The molecule has 44 heavy (non-hydrogen) atoms. The molecule has 2 amide bonds. The maximum Gasteiger partial charge on any atom is 0.320 e. The smallest absolute Gasteiger partial charge is 0.320 e. The van der Waals surface area contributed by atoms with Crippen LogP contribution in [0.3, 0.4) is 0 Å². The van der Waals surface area contributed by atoms with Gasteiger partial charge < -0.3 is 24.5 Å². The molecule has 0 atom stereocenters. The molecule has 12 heteroatoms. The number of hydrogen-bond acceptors (Lipinski definition) is 8. The molecule has 3 fully saturated rings. The number of urea groups is 1. The molecule has 0 bridgehead atoms. The van der Waals surface area contributed by atoms with Crippen LogP contribution in [0.15, 0.2) is 36.5 Å². The summed E-state index contributed by atoms with van der Waals surface area (Å²) in [5.74, 6) is -0.320. The second-order valence-corrected chi connectivity index (χ2v) is 13.5. The van der Waals surface area contributed by atoms with Crippen molar-refractivity contribution in [1.29, 1.82) is 5.26 Å². The maximum absolute atomic E-state index is 15.5. The zero-order valence-electron chi connectivity index (χ0n) is 25.5. The van der Waals surface area contributed by atoms with Crippen LogP contribution in [0.5, 0.6) is 0 Å². The van der Waals surface area contributed by atoms with Gasteiger partial charge in [-0.2, -0.15) is 10.4 Å². The normalized spacial score (nSPS) is 18.0. The highest BCUT2D eigenvalue weighted by Crippen LogP contribution is 2.44. The van der Waals surface area contributed by atoms with Gasteiger partial charge in [-0.1, -0.05) is 48.1 Å². The van der Waals surface area contributed by atoms with Gasteiger partial charge in [-0.3, -0.25) is 0 Å². The van der Waals surface area contributed by atoms with Crippen molar-refractivity contribution in [3.05, 3.63) is 58.5 Å². The number of thiazole rings is 1. The maximum atomic E-state index is 15.5. The Labute approximate surface area is 260 Å². The Morgan fingerprint density at radius 3 is 2.48 bits per heavy atom. The van der Waals surface area contributed by atoms with E-state index in [0.29, 0.717) is 54.0 Å². The summed E-state index contributed by atoms with van der Waals surface area (Å²) in [7, 11) is 4.01. The van der Waals surface area contributed by atoms with E-state index in [2.05, 4.69) is 22.9 Å². The zero-order valence-corrected chi connectivity index (χ0v) is 26.4. The van der Waals surface area contributed by atoms with Gasteiger partial charge in [0.15, 0.2) is 10.9 Å². The number of aryl methyl sites for hydroxylation is 2. The summed E-state index contributed by atoms with van der Waals surface area (Å²) < 4.78 is 17.1. The number of anilines is 3. The lowest BCUT2D eigenvalue weighted by atomic mass is 9.72. The Kier molecular flexibility index (Phi) is 6.98. The van der Waals surface area contributed by atoms with Crippen LogP contribution in [0.4, 0.5) is 25.7 Å². The van der Waals surface area contributed by atoms with Gasteiger partial charge in [-0.15, -0.1) is 0 Å². The van der Waals surface area contributed by atoms with Crippen LogP contribution in [0, 0.1) is 29.5 Å². The van der Waals surface area contributed by atoms with Crippen molar-refractivity contribution < 1.29 is 9.18 Å². The molecule has 3 saturated heterocycles. The van der Waals surface area contributed by atoms with Crippen LogP contribution in [0.25, 0.3) is 16.8 Å². The minimum Gasteiger partial charge on any atom is -0.368 e. The summed E-state index contributed by atoms with van der Waals surface area (Å²) in [5, 5.41) is 15.3. The van der Waals surface area contributed by atoms with Gasteiger partial charge in [0, 0.05) is 70.4 Å². The van der Waals surface area contributed by atoms with Gasteiger partial charge in [0.25, 0.3) is 0 Å². The molecule has 1 spiro atoms. The topological polar surface area (TPSA) is 87.2 Å². The summed E-state index contributed by atoms with van der Waals surface area (Å²) in [6, 6.07) is 12.3. The highest BCUT2D eigenvalue weighted by Gasteiger charge is 2.54. The highest BCUT2D eigenvalue weighted by atomic mass is 32.1. The number of carbonyl (C=O) groups is 1. The third kappa shape index (κ3) is 4.75. The fourth-order valence-electron chi connectivity index (χ4n) is 6.70. The second kappa shape index (κ2) is 10.7. The first-order valence-corrected chi connectivity index (χ1v) is 15.9. The number of likely N-dealkylation sites (tertiary alicyclic amines) is 1. The number of piperazine rings is 1. The fraction of sp³-hybridized carbons (Fsp3) is 0.438. The number of nitrogens with zero attached hydrogens (tertiary/aromatic N) is 9. The lowest BCUT2D eigenvalue weighted by Gasteiger charge is -2.61. The number of rotatable bonds is 5. The molecule has 10 nitrogen and oxygen atoms in total. The number of likely N-dealkylation sites (N-methyl/N-ethyl adjacent to an activating group) is 1. The summed E-state index contributed by atoms with van der Waals surface area (Å²) in [6.45, 7) is 10.3. The van der Waals surface area contributed by atoms with Crippen molar-refractivity contribution in [2.24, 2.45) is 5.41 Å². The molecule has 0 N–H and O–H groups in total. The van der Waals surface area contributed by atoms with E-state index in [9.17, 15) is 10.1 Å². The van der Waals surface area contributed by atoms with Crippen LogP contribution in [0.2, 0.25) is 0 Å². The van der Waals surface area contributed by atoms with Gasteiger partial charge >= 0.3 is 6.03 Å². The largest absolute Gasteiger partial charge is 0.368 e. The van der Waals surface area contributed by atoms with Gasteiger partial charge in [0.05, 0.1) is 28.8 Å². The molecule has 4 aromatic rings. The third-order valence-electron chi connectivity index (χ3n) is 9.23. The molecule has 0 radical (unpaired) electrons. The first-order valence-electron chi connectivity index (χ1n) is 15.1. The summed E-state index contributed by atoms with van der Waals surface area (Å²) in [6.07, 6.45) is 2.11. The number of carbonyl (C=O) groups excluding carboxylic acids is 1. The first-order chi connectivity index (χ1) is 21.2. The Hall–Kier alpha value is -4.21. The fourth-order valence-corrected chi connectivity index (χ4v) is 7.55. The van der Waals surface area contributed by atoms with Crippen LogP contribution in [-0.4, -0.2) is 102 Å². The molecule has 6 heterocycles. The number of nitriles is 1. The van der Waals surface area contributed by atoms with Crippen molar-refractivity contribution in [2.75, 3.05) is 76.3 Å². The molecule has 3 aromatic heterocycles. The van der Waals surface area contributed by atoms with Gasteiger partial charge in [0.1, 0.15) is 16.6 Å².